The average Bonchev–Trinajstić information content (AvgIpc) is 3.17. The molecule has 1 saturated heterocycles. The second-order valence-corrected chi connectivity index (χ2v) is 6.56. The Labute approximate surface area is 156 Å². The zero-order chi connectivity index (χ0) is 18.8. The van der Waals surface area contributed by atoms with E-state index in [9.17, 15) is 14.4 Å². The van der Waals surface area contributed by atoms with Crippen molar-refractivity contribution in [1.29, 1.82) is 0 Å². The van der Waals surface area contributed by atoms with Crippen molar-refractivity contribution in [1.82, 2.24) is 0 Å². The smallest absolute Gasteiger partial charge is 0.338 e. The monoisotopic (exact) mass is 365 g/mol. The van der Waals surface area contributed by atoms with E-state index in [1.54, 1.807) is 36.4 Å². The molecule has 1 atom stereocenters. The Morgan fingerprint density at radius 3 is 2.81 bits per heavy atom. The molecule has 0 aliphatic carbocycles. The lowest BCUT2D eigenvalue weighted by atomic mass is 10.1. The molecule has 7 heteroatoms. The van der Waals surface area contributed by atoms with Gasteiger partial charge in [-0.05, 0) is 43.2 Å². The molecule has 0 saturated carbocycles. The largest absolute Gasteiger partial charge is 0.452 e. The molecule has 0 radical (unpaired) electrons. The third kappa shape index (κ3) is 3.48. The van der Waals surface area contributed by atoms with Crippen LogP contribution in [0, 0.1) is 0 Å². The van der Waals surface area contributed by atoms with Gasteiger partial charge in [0, 0.05) is 12.2 Å². The van der Waals surface area contributed by atoms with Crippen molar-refractivity contribution in [2.24, 2.45) is 0 Å². The number of rotatable bonds is 4. The molecule has 0 aromatic heterocycles. The Kier molecular flexibility index (Phi) is 4.50. The zero-order valence-electron chi connectivity index (χ0n) is 14.6. The number of anilines is 3. The third-order valence-electron chi connectivity index (χ3n) is 4.75. The molecule has 2 amide bonds. The Balaban J connectivity index is 1.40. The number of hydrogen-bond acceptors (Lipinski definition) is 5. The molecule has 2 aliphatic heterocycles. The fourth-order valence-corrected chi connectivity index (χ4v) is 3.49. The summed E-state index contributed by atoms with van der Waals surface area (Å²) >= 11 is 0. The van der Waals surface area contributed by atoms with Crippen LogP contribution in [-0.2, 0) is 14.3 Å². The fourth-order valence-electron chi connectivity index (χ4n) is 3.49. The van der Waals surface area contributed by atoms with Crippen LogP contribution in [0.2, 0.25) is 0 Å². The second-order valence-electron chi connectivity index (χ2n) is 6.56. The fraction of sp³-hybridized carbons (Fsp3) is 0.250. The van der Waals surface area contributed by atoms with Crippen molar-refractivity contribution < 1.29 is 19.1 Å². The highest BCUT2D eigenvalue weighted by Gasteiger charge is 2.36. The molecular weight excluding hydrogens is 346 g/mol. The molecule has 27 heavy (non-hydrogen) atoms. The van der Waals surface area contributed by atoms with Crippen LogP contribution in [-0.4, -0.2) is 37.0 Å². The molecule has 2 heterocycles. The van der Waals surface area contributed by atoms with Gasteiger partial charge in [-0.15, -0.1) is 0 Å². The van der Waals surface area contributed by atoms with Gasteiger partial charge in [-0.2, -0.15) is 0 Å². The van der Waals surface area contributed by atoms with Gasteiger partial charge in [0.1, 0.15) is 6.04 Å². The third-order valence-corrected chi connectivity index (χ3v) is 4.75. The van der Waals surface area contributed by atoms with Crippen molar-refractivity contribution in [3.05, 3.63) is 54.1 Å². The van der Waals surface area contributed by atoms with Crippen LogP contribution in [0.4, 0.5) is 17.1 Å². The topological polar surface area (TPSA) is 87.7 Å². The number of carbonyl (C=O) groups excluding carboxylic acids is 3. The molecule has 7 nitrogen and oxygen atoms in total. The van der Waals surface area contributed by atoms with Crippen molar-refractivity contribution in [2.45, 2.75) is 18.9 Å². The maximum atomic E-state index is 12.3. The predicted molar refractivity (Wildman–Crippen MR) is 101 cm³/mol. The van der Waals surface area contributed by atoms with E-state index >= 15 is 0 Å². The van der Waals surface area contributed by atoms with E-state index in [1.807, 2.05) is 12.1 Å². The number of benzene rings is 2. The van der Waals surface area contributed by atoms with Crippen LogP contribution >= 0.6 is 0 Å². The summed E-state index contributed by atoms with van der Waals surface area (Å²) in [6, 6.07) is 13.9. The SMILES string of the molecule is O=C(COC(=O)c1ccc2c(c1)NC(=O)[C@@H]1CCCN21)Nc1ccccc1. The van der Waals surface area contributed by atoms with Gasteiger partial charge in [0.2, 0.25) is 5.91 Å². The second kappa shape index (κ2) is 7.11. The number of hydrogen-bond donors (Lipinski definition) is 2. The van der Waals surface area contributed by atoms with E-state index < -0.39 is 11.9 Å². The summed E-state index contributed by atoms with van der Waals surface area (Å²) in [5.74, 6) is -1.08. The number of nitrogens with zero attached hydrogens (tertiary/aromatic N) is 1. The Morgan fingerprint density at radius 1 is 1.19 bits per heavy atom. The highest BCUT2D eigenvalue weighted by molar-refractivity contribution is 6.05. The first kappa shape index (κ1) is 17.1. The summed E-state index contributed by atoms with van der Waals surface area (Å²) in [5.41, 5.74) is 2.44. The maximum absolute atomic E-state index is 12.3. The maximum Gasteiger partial charge on any atom is 0.338 e. The molecule has 2 aromatic carbocycles. The summed E-state index contributed by atoms with van der Waals surface area (Å²) in [6.45, 7) is 0.444. The van der Waals surface area contributed by atoms with Crippen LogP contribution in [0.15, 0.2) is 48.5 Å². The molecule has 4 rings (SSSR count). The summed E-state index contributed by atoms with van der Waals surface area (Å²) in [5, 5.41) is 5.51. The lowest BCUT2D eigenvalue weighted by Gasteiger charge is -2.33. The normalized spacial score (nSPS) is 17.6. The highest BCUT2D eigenvalue weighted by Crippen LogP contribution is 2.37. The van der Waals surface area contributed by atoms with Crippen molar-refractivity contribution in [3.63, 3.8) is 0 Å². The van der Waals surface area contributed by atoms with Crippen LogP contribution in [0.5, 0.6) is 0 Å². The standard InChI is InChI=1S/C20H19N3O4/c24-18(21-14-5-2-1-3-6-14)12-27-20(26)13-8-9-16-15(11-13)22-19(25)17-7-4-10-23(16)17/h1-3,5-6,8-9,11,17H,4,7,10,12H2,(H,21,24)(H,22,25)/t17-/m0/s1. The summed E-state index contributed by atoms with van der Waals surface area (Å²) < 4.78 is 5.09. The molecule has 0 unspecified atom stereocenters. The van der Waals surface area contributed by atoms with Gasteiger partial charge in [0.05, 0.1) is 16.9 Å². The van der Waals surface area contributed by atoms with E-state index in [2.05, 4.69) is 15.5 Å². The summed E-state index contributed by atoms with van der Waals surface area (Å²) in [4.78, 5) is 38.4. The molecule has 138 valence electrons. The quantitative estimate of drug-likeness (QED) is 0.813. The lowest BCUT2D eigenvalue weighted by Crippen LogP contribution is -2.43. The van der Waals surface area contributed by atoms with Gasteiger partial charge in [-0.25, -0.2) is 4.79 Å². The number of carbonyl (C=O) groups is 3. The molecule has 2 N–H and O–H groups in total. The highest BCUT2D eigenvalue weighted by atomic mass is 16.5. The lowest BCUT2D eigenvalue weighted by molar-refractivity contribution is -0.119. The van der Waals surface area contributed by atoms with E-state index in [0.717, 1.165) is 25.1 Å². The number of fused-ring (bicyclic) bond motifs is 3. The Hall–Kier alpha value is -3.35. The van der Waals surface area contributed by atoms with Crippen LogP contribution in [0.3, 0.4) is 0 Å². The minimum Gasteiger partial charge on any atom is -0.452 e. The van der Waals surface area contributed by atoms with E-state index in [0.29, 0.717) is 16.9 Å². The van der Waals surface area contributed by atoms with Gasteiger partial charge >= 0.3 is 5.97 Å². The number of esters is 1. The first-order valence-corrected chi connectivity index (χ1v) is 8.85. The number of nitrogens with one attached hydrogen (secondary N) is 2. The minimum atomic E-state index is -0.612. The van der Waals surface area contributed by atoms with E-state index in [-0.39, 0.29) is 18.6 Å². The first-order valence-electron chi connectivity index (χ1n) is 8.85. The minimum absolute atomic E-state index is 0.0484. The first-order chi connectivity index (χ1) is 13.1. The van der Waals surface area contributed by atoms with Gasteiger partial charge in [0.15, 0.2) is 6.61 Å². The molecule has 0 bridgehead atoms. The molecule has 0 spiro atoms. The van der Waals surface area contributed by atoms with E-state index in [1.165, 1.54) is 0 Å². The van der Waals surface area contributed by atoms with Crippen LogP contribution in [0.1, 0.15) is 23.2 Å². The van der Waals surface area contributed by atoms with Crippen molar-refractivity contribution in [2.75, 3.05) is 28.7 Å². The molecule has 2 aliphatic rings. The van der Waals surface area contributed by atoms with Gasteiger partial charge in [-0.3, -0.25) is 9.59 Å². The zero-order valence-corrected chi connectivity index (χ0v) is 14.6. The summed E-state index contributed by atoms with van der Waals surface area (Å²) in [7, 11) is 0. The van der Waals surface area contributed by atoms with Gasteiger partial charge < -0.3 is 20.3 Å². The van der Waals surface area contributed by atoms with Crippen LogP contribution in [0.25, 0.3) is 0 Å². The Bertz CT molecular complexity index is 897. The Morgan fingerprint density at radius 2 is 2.00 bits per heavy atom. The molecule has 1 fully saturated rings. The van der Waals surface area contributed by atoms with Gasteiger partial charge in [0.25, 0.3) is 5.91 Å². The number of ether oxygens (including phenoxy) is 1. The van der Waals surface area contributed by atoms with Crippen LogP contribution < -0.4 is 15.5 Å². The number of amides is 2. The summed E-state index contributed by atoms with van der Waals surface area (Å²) in [6.07, 6.45) is 1.81. The average molecular weight is 365 g/mol. The molecular formula is C20H19N3O4. The van der Waals surface area contributed by atoms with Crippen molar-refractivity contribution >= 4 is 34.8 Å². The van der Waals surface area contributed by atoms with E-state index in [4.69, 9.17) is 4.74 Å². The number of para-hydroxylation sites is 1. The van der Waals surface area contributed by atoms with Crippen molar-refractivity contribution in [3.8, 4) is 0 Å². The molecule has 2 aromatic rings. The van der Waals surface area contributed by atoms with Gasteiger partial charge in [-0.1, -0.05) is 18.2 Å². The predicted octanol–water partition coefficient (Wildman–Crippen LogP) is 2.40.